The molecule has 6 nitrogen and oxygen atoms in total. The average molecular weight is 323 g/mol. The maximum absolute atomic E-state index is 12.8. The highest BCUT2D eigenvalue weighted by atomic mass is 32.2. The highest BCUT2D eigenvalue weighted by molar-refractivity contribution is 7.88. The van der Waals surface area contributed by atoms with Crippen LogP contribution >= 0.6 is 0 Å². The van der Waals surface area contributed by atoms with Gasteiger partial charge in [0.2, 0.25) is 15.9 Å². The number of hydrogen-bond donors (Lipinski definition) is 0. The summed E-state index contributed by atoms with van der Waals surface area (Å²) in [6, 6.07) is 3.81. The summed E-state index contributed by atoms with van der Waals surface area (Å²) < 4.78 is 25.1. The number of piperidine rings is 1. The molecule has 2 fully saturated rings. The third-order valence-electron chi connectivity index (χ3n) is 4.71. The molecule has 7 heteroatoms. The van der Waals surface area contributed by atoms with Crippen molar-refractivity contribution in [1.29, 1.82) is 0 Å². The Balaban J connectivity index is 1.75. The summed E-state index contributed by atoms with van der Waals surface area (Å²) in [6.45, 7) is 2.09. The largest absolute Gasteiger partial charge is 0.338 e. The second-order valence-electron chi connectivity index (χ2n) is 6.32. The van der Waals surface area contributed by atoms with Gasteiger partial charge in [-0.1, -0.05) is 6.07 Å². The van der Waals surface area contributed by atoms with Gasteiger partial charge in [-0.15, -0.1) is 0 Å². The van der Waals surface area contributed by atoms with Crippen LogP contribution in [0.4, 0.5) is 0 Å². The molecular formula is C15H21N3O3S. The van der Waals surface area contributed by atoms with Gasteiger partial charge in [-0.2, -0.15) is 0 Å². The van der Waals surface area contributed by atoms with Crippen molar-refractivity contribution >= 4 is 15.9 Å². The van der Waals surface area contributed by atoms with Crippen molar-refractivity contribution in [3.63, 3.8) is 0 Å². The normalized spacial score (nSPS) is 26.8. The van der Waals surface area contributed by atoms with Gasteiger partial charge < -0.3 is 4.90 Å². The summed E-state index contributed by atoms with van der Waals surface area (Å²) in [5.74, 6) is 0.0877. The summed E-state index contributed by atoms with van der Waals surface area (Å²) in [4.78, 5) is 18.8. The first-order valence-electron chi connectivity index (χ1n) is 7.54. The Bertz CT molecular complexity index is 662. The van der Waals surface area contributed by atoms with E-state index >= 15 is 0 Å². The minimum atomic E-state index is -3.24. The van der Waals surface area contributed by atoms with Crippen molar-refractivity contribution < 1.29 is 13.2 Å². The van der Waals surface area contributed by atoms with E-state index in [9.17, 15) is 13.2 Å². The van der Waals surface area contributed by atoms with Crippen LogP contribution in [0.1, 0.15) is 24.8 Å². The maximum Gasteiger partial charge on any atom is 0.230 e. The minimum Gasteiger partial charge on any atom is -0.338 e. The Morgan fingerprint density at radius 2 is 2.14 bits per heavy atom. The van der Waals surface area contributed by atoms with E-state index in [2.05, 4.69) is 4.98 Å². The molecule has 0 radical (unpaired) electrons. The van der Waals surface area contributed by atoms with Gasteiger partial charge in [0, 0.05) is 38.6 Å². The molecule has 1 unspecified atom stereocenters. The molecule has 1 amide bonds. The molecule has 2 saturated heterocycles. The summed E-state index contributed by atoms with van der Waals surface area (Å²) in [5, 5.41) is 0. The van der Waals surface area contributed by atoms with Gasteiger partial charge in [-0.05, 0) is 30.9 Å². The fourth-order valence-electron chi connectivity index (χ4n) is 3.51. The molecule has 0 bridgehead atoms. The van der Waals surface area contributed by atoms with Crippen molar-refractivity contribution in [3.8, 4) is 0 Å². The van der Waals surface area contributed by atoms with E-state index in [1.54, 1.807) is 12.4 Å². The average Bonchev–Trinajstić information content (AvgIpc) is 2.77. The van der Waals surface area contributed by atoms with Crippen molar-refractivity contribution in [2.24, 2.45) is 5.41 Å². The molecule has 1 aromatic rings. The Morgan fingerprint density at radius 3 is 2.82 bits per heavy atom. The van der Waals surface area contributed by atoms with Gasteiger partial charge in [0.25, 0.3) is 0 Å². The summed E-state index contributed by atoms with van der Waals surface area (Å²) >= 11 is 0. The van der Waals surface area contributed by atoms with Crippen LogP contribution in [0.3, 0.4) is 0 Å². The number of sulfonamides is 1. The molecule has 1 atom stereocenters. The number of amides is 1. The first kappa shape index (κ1) is 15.4. The monoisotopic (exact) mass is 323 g/mol. The first-order valence-corrected chi connectivity index (χ1v) is 9.39. The zero-order chi connectivity index (χ0) is 15.8. The lowest BCUT2D eigenvalue weighted by Crippen LogP contribution is -2.49. The molecule has 120 valence electrons. The van der Waals surface area contributed by atoms with Gasteiger partial charge >= 0.3 is 0 Å². The van der Waals surface area contributed by atoms with Gasteiger partial charge in [0.05, 0.1) is 11.7 Å². The second-order valence-corrected chi connectivity index (χ2v) is 8.30. The lowest BCUT2D eigenvalue weighted by Gasteiger charge is -2.37. The summed E-state index contributed by atoms with van der Waals surface area (Å²) in [5.41, 5.74) is 0.479. The lowest BCUT2D eigenvalue weighted by molar-refractivity contribution is -0.138. The van der Waals surface area contributed by atoms with E-state index in [0.29, 0.717) is 26.2 Å². The molecule has 2 aliphatic heterocycles. The number of pyridine rings is 1. The summed E-state index contributed by atoms with van der Waals surface area (Å²) in [6.07, 6.45) is 6.96. The Hall–Kier alpha value is -1.47. The second kappa shape index (κ2) is 5.62. The van der Waals surface area contributed by atoms with Crippen LogP contribution in [-0.2, 0) is 21.4 Å². The number of nitrogens with zero attached hydrogens (tertiary/aromatic N) is 3. The Kier molecular flexibility index (Phi) is 3.94. The topological polar surface area (TPSA) is 70.6 Å². The van der Waals surface area contributed by atoms with Gasteiger partial charge in [0.15, 0.2) is 0 Å². The van der Waals surface area contributed by atoms with Crippen LogP contribution in [0.2, 0.25) is 0 Å². The fraction of sp³-hybridized carbons (Fsp3) is 0.600. The Morgan fingerprint density at radius 1 is 1.32 bits per heavy atom. The molecular weight excluding hydrogens is 302 g/mol. The number of carbonyl (C=O) groups is 1. The molecule has 0 saturated carbocycles. The third-order valence-corrected chi connectivity index (χ3v) is 5.96. The maximum atomic E-state index is 12.8. The fourth-order valence-corrected chi connectivity index (χ4v) is 4.45. The van der Waals surface area contributed by atoms with Crippen molar-refractivity contribution in [2.75, 3.05) is 25.9 Å². The SMILES string of the molecule is CS(=O)(=O)N1CCCC2(CCN(Cc3cccnc3)C2=O)C1. The number of carbonyl (C=O) groups excluding carboxylic acids is 1. The minimum absolute atomic E-state index is 0.0877. The summed E-state index contributed by atoms with van der Waals surface area (Å²) in [7, 11) is -3.24. The van der Waals surface area contributed by atoms with Crippen LogP contribution in [0.25, 0.3) is 0 Å². The standard InChI is InChI=1S/C15H21N3O3S/c1-22(20,21)18-8-3-5-15(12-18)6-9-17(14(15)19)11-13-4-2-7-16-10-13/h2,4,7,10H,3,5-6,8-9,11-12H2,1H3. The zero-order valence-electron chi connectivity index (χ0n) is 12.7. The molecule has 2 aliphatic rings. The molecule has 1 spiro atoms. The van der Waals surface area contributed by atoms with E-state index in [1.807, 2.05) is 17.0 Å². The van der Waals surface area contributed by atoms with Crippen LogP contribution in [-0.4, -0.2) is 54.4 Å². The number of aromatic nitrogens is 1. The highest BCUT2D eigenvalue weighted by Crippen LogP contribution is 2.41. The van der Waals surface area contributed by atoms with Crippen molar-refractivity contribution in [3.05, 3.63) is 30.1 Å². The van der Waals surface area contributed by atoms with E-state index in [0.717, 1.165) is 24.8 Å². The van der Waals surface area contributed by atoms with E-state index in [1.165, 1.54) is 10.6 Å². The molecule has 0 aliphatic carbocycles. The third kappa shape index (κ3) is 2.87. The molecule has 3 rings (SSSR count). The predicted molar refractivity (Wildman–Crippen MR) is 82.4 cm³/mol. The van der Waals surface area contributed by atoms with E-state index in [4.69, 9.17) is 0 Å². The molecule has 3 heterocycles. The molecule has 0 N–H and O–H groups in total. The number of rotatable bonds is 3. The van der Waals surface area contributed by atoms with Gasteiger partial charge in [0.1, 0.15) is 0 Å². The quantitative estimate of drug-likeness (QED) is 0.827. The smallest absolute Gasteiger partial charge is 0.230 e. The van der Waals surface area contributed by atoms with Crippen molar-refractivity contribution in [1.82, 2.24) is 14.2 Å². The van der Waals surface area contributed by atoms with E-state index in [-0.39, 0.29) is 5.91 Å². The molecule has 0 aromatic carbocycles. The predicted octanol–water partition coefficient (Wildman–Crippen LogP) is 0.856. The number of hydrogen-bond acceptors (Lipinski definition) is 4. The van der Waals surface area contributed by atoms with Crippen LogP contribution in [0.15, 0.2) is 24.5 Å². The van der Waals surface area contributed by atoms with Crippen LogP contribution in [0, 0.1) is 5.41 Å². The number of likely N-dealkylation sites (tertiary alicyclic amines) is 1. The van der Waals surface area contributed by atoms with Gasteiger partial charge in [-0.25, -0.2) is 12.7 Å². The van der Waals surface area contributed by atoms with E-state index < -0.39 is 15.4 Å². The van der Waals surface area contributed by atoms with Crippen molar-refractivity contribution in [2.45, 2.75) is 25.8 Å². The lowest BCUT2D eigenvalue weighted by atomic mass is 9.79. The Labute approximate surface area is 131 Å². The molecule has 1 aromatic heterocycles. The zero-order valence-corrected chi connectivity index (χ0v) is 13.6. The van der Waals surface area contributed by atoms with Gasteiger partial charge in [-0.3, -0.25) is 9.78 Å². The molecule has 22 heavy (non-hydrogen) atoms. The first-order chi connectivity index (χ1) is 10.4. The highest BCUT2D eigenvalue weighted by Gasteiger charge is 2.50. The van der Waals surface area contributed by atoms with Crippen LogP contribution in [0.5, 0.6) is 0 Å². The van der Waals surface area contributed by atoms with Crippen LogP contribution < -0.4 is 0 Å².